The third-order valence-electron chi connectivity index (χ3n) is 3.54. The van der Waals surface area contributed by atoms with Gasteiger partial charge in [-0.05, 0) is 26.0 Å². The molecule has 0 saturated heterocycles. The highest BCUT2D eigenvalue weighted by atomic mass is 16.5. The third kappa shape index (κ3) is 4.28. The topological polar surface area (TPSA) is 103 Å². The molecule has 2 N–H and O–H groups in total. The molecular weight excluding hydrogens is 328 g/mol. The first-order valence-electron chi connectivity index (χ1n) is 7.75. The monoisotopic (exact) mass is 348 g/mol. The first-order chi connectivity index (χ1) is 12.0. The summed E-state index contributed by atoms with van der Waals surface area (Å²) in [4.78, 5) is 36.0. The van der Waals surface area contributed by atoms with E-state index in [1.807, 2.05) is 0 Å². The third-order valence-corrected chi connectivity index (χ3v) is 3.54. The van der Waals surface area contributed by atoms with Gasteiger partial charge in [0.15, 0.2) is 0 Å². The van der Waals surface area contributed by atoms with E-state index in [4.69, 9.17) is 14.2 Å². The molecule has 1 aliphatic heterocycles. The van der Waals surface area contributed by atoms with Crippen molar-refractivity contribution >= 4 is 18.0 Å². The molecule has 1 aromatic rings. The lowest BCUT2D eigenvalue weighted by Crippen LogP contribution is -2.50. The summed E-state index contributed by atoms with van der Waals surface area (Å²) in [5.74, 6) is -0.839. The largest absolute Gasteiger partial charge is 0.496 e. The fourth-order valence-corrected chi connectivity index (χ4v) is 2.42. The number of para-hydroxylation sites is 1. The van der Waals surface area contributed by atoms with Crippen molar-refractivity contribution in [2.24, 2.45) is 0 Å². The maximum absolute atomic E-state index is 12.3. The van der Waals surface area contributed by atoms with Gasteiger partial charge in [0.25, 0.3) is 0 Å². The first kappa shape index (κ1) is 18.3. The van der Waals surface area contributed by atoms with E-state index < -0.39 is 24.0 Å². The van der Waals surface area contributed by atoms with Crippen LogP contribution < -0.4 is 15.4 Å². The number of ether oxygens (including phenoxy) is 3. The van der Waals surface area contributed by atoms with Crippen molar-refractivity contribution in [3.8, 4) is 5.75 Å². The minimum atomic E-state index is -0.631. The van der Waals surface area contributed by atoms with Crippen molar-refractivity contribution in [2.75, 3.05) is 20.3 Å². The number of hydrogen-bond acceptors (Lipinski definition) is 6. The molecule has 134 valence electrons. The van der Waals surface area contributed by atoms with Crippen molar-refractivity contribution < 1.29 is 28.6 Å². The Morgan fingerprint density at radius 3 is 2.56 bits per heavy atom. The molecule has 1 aromatic carbocycles. The van der Waals surface area contributed by atoms with E-state index in [-0.39, 0.29) is 30.0 Å². The Morgan fingerprint density at radius 2 is 1.88 bits per heavy atom. The predicted molar refractivity (Wildman–Crippen MR) is 88.1 cm³/mol. The number of hydrogen-bond donors (Lipinski definition) is 2. The number of amides is 2. The van der Waals surface area contributed by atoms with Crippen LogP contribution in [-0.4, -0.2) is 44.3 Å². The molecule has 2 amide bonds. The van der Waals surface area contributed by atoms with E-state index in [0.29, 0.717) is 5.75 Å². The number of carbonyl (C=O) groups excluding carboxylic acids is 3. The summed E-state index contributed by atoms with van der Waals surface area (Å²) in [6, 6.07) is 5.55. The average molecular weight is 348 g/mol. The summed E-state index contributed by atoms with van der Waals surface area (Å²) in [5.41, 5.74) is 0.656. The van der Waals surface area contributed by atoms with Gasteiger partial charge in [-0.2, -0.15) is 0 Å². The number of urea groups is 1. The summed E-state index contributed by atoms with van der Waals surface area (Å²) >= 11 is 0. The summed E-state index contributed by atoms with van der Waals surface area (Å²) in [6.07, 6.45) is 0. The van der Waals surface area contributed by atoms with Crippen LogP contribution in [-0.2, 0) is 14.3 Å². The zero-order chi connectivity index (χ0) is 18.4. The molecule has 1 heterocycles. The number of nitrogens with one attached hydrogen (secondary N) is 2. The van der Waals surface area contributed by atoms with Crippen LogP contribution in [0.1, 0.15) is 24.2 Å². The van der Waals surface area contributed by atoms with E-state index >= 15 is 0 Å². The van der Waals surface area contributed by atoms with Crippen LogP contribution in [0.2, 0.25) is 0 Å². The SMILES string of the molecule is CCOC(=O)C1=C(COC(=O)c2ccccc2OC)NC(=O)N[C@H]1C. The van der Waals surface area contributed by atoms with Crippen LogP contribution in [0.5, 0.6) is 5.75 Å². The second-order valence-corrected chi connectivity index (χ2v) is 5.21. The van der Waals surface area contributed by atoms with Gasteiger partial charge >= 0.3 is 18.0 Å². The Morgan fingerprint density at radius 1 is 1.16 bits per heavy atom. The summed E-state index contributed by atoms with van der Waals surface area (Å²) in [5, 5.41) is 5.06. The zero-order valence-corrected chi connectivity index (χ0v) is 14.3. The molecule has 2 rings (SSSR count). The first-order valence-corrected chi connectivity index (χ1v) is 7.75. The molecule has 1 aliphatic rings. The van der Waals surface area contributed by atoms with Crippen LogP contribution in [0, 0.1) is 0 Å². The predicted octanol–water partition coefficient (Wildman–Crippen LogP) is 1.37. The molecular formula is C17H20N2O6. The fraction of sp³-hybridized carbons (Fsp3) is 0.353. The van der Waals surface area contributed by atoms with Crippen molar-refractivity contribution in [3.63, 3.8) is 0 Å². The van der Waals surface area contributed by atoms with Crippen molar-refractivity contribution in [3.05, 3.63) is 41.1 Å². The van der Waals surface area contributed by atoms with Gasteiger partial charge in [0.05, 0.1) is 31.0 Å². The van der Waals surface area contributed by atoms with Gasteiger partial charge in [-0.25, -0.2) is 14.4 Å². The molecule has 0 unspecified atom stereocenters. The minimum absolute atomic E-state index is 0.192. The van der Waals surface area contributed by atoms with Crippen LogP contribution >= 0.6 is 0 Å². The van der Waals surface area contributed by atoms with Crippen LogP contribution in [0.25, 0.3) is 0 Å². The summed E-state index contributed by atoms with van der Waals surface area (Å²) < 4.78 is 15.4. The van der Waals surface area contributed by atoms with Gasteiger partial charge in [-0.15, -0.1) is 0 Å². The van der Waals surface area contributed by atoms with E-state index in [0.717, 1.165) is 0 Å². The highest BCUT2D eigenvalue weighted by Crippen LogP contribution is 2.19. The average Bonchev–Trinajstić information content (AvgIpc) is 2.59. The van der Waals surface area contributed by atoms with Crippen molar-refractivity contribution in [1.82, 2.24) is 10.6 Å². The maximum atomic E-state index is 12.3. The highest BCUT2D eigenvalue weighted by molar-refractivity contribution is 5.95. The fourth-order valence-electron chi connectivity index (χ4n) is 2.42. The number of rotatable bonds is 6. The molecule has 0 fully saturated rings. The minimum Gasteiger partial charge on any atom is -0.496 e. The quantitative estimate of drug-likeness (QED) is 0.753. The van der Waals surface area contributed by atoms with E-state index in [2.05, 4.69) is 10.6 Å². The molecule has 25 heavy (non-hydrogen) atoms. The summed E-state index contributed by atoms with van der Waals surface area (Å²) in [6.45, 7) is 3.24. The van der Waals surface area contributed by atoms with Crippen LogP contribution in [0.15, 0.2) is 35.5 Å². The number of esters is 2. The van der Waals surface area contributed by atoms with Gasteiger partial charge in [0, 0.05) is 0 Å². The Labute approximate surface area is 145 Å². The van der Waals surface area contributed by atoms with Gasteiger partial charge in [0.2, 0.25) is 0 Å². The Bertz CT molecular complexity index is 713. The normalized spacial score (nSPS) is 16.6. The zero-order valence-electron chi connectivity index (χ0n) is 14.3. The second kappa shape index (κ2) is 8.18. The molecule has 8 heteroatoms. The van der Waals surface area contributed by atoms with Gasteiger partial charge in [-0.1, -0.05) is 12.1 Å². The Kier molecular flexibility index (Phi) is 5.99. The van der Waals surface area contributed by atoms with E-state index in [9.17, 15) is 14.4 Å². The van der Waals surface area contributed by atoms with Crippen molar-refractivity contribution in [2.45, 2.75) is 19.9 Å². The maximum Gasteiger partial charge on any atom is 0.342 e. The highest BCUT2D eigenvalue weighted by Gasteiger charge is 2.30. The molecule has 0 radical (unpaired) electrons. The van der Waals surface area contributed by atoms with Crippen molar-refractivity contribution in [1.29, 1.82) is 0 Å². The van der Waals surface area contributed by atoms with E-state index in [1.54, 1.807) is 38.1 Å². The standard InChI is InChI=1S/C17H20N2O6/c1-4-24-16(21)14-10(2)18-17(22)19-12(14)9-25-15(20)11-7-5-6-8-13(11)23-3/h5-8,10H,4,9H2,1-3H3,(H2,18,19,22)/t10-/m0/s1. The number of carbonyl (C=O) groups is 3. The Balaban J connectivity index is 2.20. The van der Waals surface area contributed by atoms with Gasteiger partial charge in [0.1, 0.15) is 17.9 Å². The lowest BCUT2D eigenvalue weighted by molar-refractivity contribution is -0.139. The van der Waals surface area contributed by atoms with Gasteiger partial charge < -0.3 is 24.8 Å². The number of benzene rings is 1. The lowest BCUT2D eigenvalue weighted by atomic mass is 10.0. The van der Waals surface area contributed by atoms with Crippen LogP contribution in [0.3, 0.4) is 0 Å². The molecule has 8 nitrogen and oxygen atoms in total. The Hall–Kier alpha value is -3.03. The molecule has 0 spiro atoms. The van der Waals surface area contributed by atoms with Gasteiger partial charge in [-0.3, -0.25) is 0 Å². The number of methoxy groups -OCH3 is 1. The molecule has 1 atom stereocenters. The van der Waals surface area contributed by atoms with E-state index in [1.165, 1.54) is 7.11 Å². The smallest absolute Gasteiger partial charge is 0.342 e. The second-order valence-electron chi connectivity index (χ2n) is 5.21. The summed E-state index contributed by atoms with van der Waals surface area (Å²) in [7, 11) is 1.45. The lowest BCUT2D eigenvalue weighted by Gasteiger charge is -2.26. The molecule has 0 aromatic heterocycles. The molecule has 0 aliphatic carbocycles. The molecule has 0 bridgehead atoms. The van der Waals surface area contributed by atoms with Crippen LogP contribution in [0.4, 0.5) is 4.79 Å². The molecule has 0 saturated carbocycles.